The monoisotopic (exact) mass is 294 g/mol. The predicted molar refractivity (Wildman–Crippen MR) is 76.8 cm³/mol. The summed E-state index contributed by atoms with van der Waals surface area (Å²) in [7, 11) is 1.66. The van der Waals surface area contributed by atoms with E-state index >= 15 is 0 Å². The summed E-state index contributed by atoms with van der Waals surface area (Å²) >= 11 is 0. The molecule has 0 bridgehead atoms. The minimum Gasteiger partial charge on any atom is -0.376 e. The van der Waals surface area contributed by atoms with E-state index in [-0.39, 0.29) is 35.0 Å². The van der Waals surface area contributed by atoms with Crippen LogP contribution >= 0.6 is 0 Å². The van der Waals surface area contributed by atoms with Gasteiger partial charge in [0, 0.05) is 19.7 Å². The van der Waals surface area contributed by atoms with Crippen molar-refractivity contribution in [3.63, 3.8) is 0 Å². The van der Waals surface area contributed by atoms with E-state index in [1.165, 1.54) is 18.2 Å². The van der Waals surface area contributed by atoms with Gasteiger partial charge in [-0.2, -0.15) is 0 Å². The first-order chi connectivity index (χ1) is 9.97. The summed E-state index contributed by atoms with van der Waals surface area (Å²) in [6, 6.07) is 4.23. The first-order valence-corrected chi connectivity index (χ1v) is 6.60. The highest BCUT2D eigenvalue weighted by Crippen LogP contribution is 2.29. The molecule has 0 radical (unpaired) electrons. The van der Waals surface area contributed by atoms with Crippen LogP contribution in [0.5, 0.6) is 0 Å². The van der Waals surface area contributed by atoms with Crippen LogP contribution in [0.1, 0.15) is 23.7 Å². The summed E-state index contributed by atoms with van der Waals surface area (Å²) in [6.07, 6.45) is 0.677. The van der Waals surface area contributed by atoms with Crippen molar-refractivity contribution in [3.05, 3.63) is 33.9 Å². The molecule has 2 atom stereocenters. The fourth-order valence-electron chi connectivity index (χ4n) is 2.59. The maximum absolute atomic E-state index is 12.6. The van der Waals surface area contributed by atoms with Crippen molar-refractivity contribution in [3.8, 4) is 0 Å². The number of rotatable bonds is 4. The highest BCUT2D eigenvalue weighted by molar-refractivity contribution is 6.01. The van der Waals surface area contributed by atoms with Crippen molar-refractivity contribution in [2.24, 2.45) is 5.84 Å². The van der Waals surface area contributed by atoms with Crippen LogP contribution in [0.2, 0.25) is 0 Å². The lowest BCUT2D eigenvalue weighted by atomic mass is 10.1. The number of hydrogen-bond donors (Lipinski definition) is 2. The number of nitrogens with two attached hydrogens (primary N) is 1. The summed E-state index contributed by atoms with van der Waals surface area (Å²) < 4.78 is 5.45. The third kappa shape index (κ3) is 2.81. The second-order valence-corrected chi connectivity index (χ2v) is 4.95. The first-order valence-electron chi connectivity index (χ1n) is 6.60. The van der Waals surface area contributed by atoms with Gasteiger partial charge in [-0.25, -0.2) is 0 Å². The molecule has 1 aromatic rings. The van der Waals surface area contributed by atoms with Crippen LogP contribution in [0.25, 0.3) is 0 Å². The number of carbonyl (C=O) groups is 1. The molecule has 2 unspecified atom stereocenters. The van der Waals surface area contributed by atoms with E-state index in [0.717, 1.165) is 6.42 Å². The number of amides is 1. The number of nitro groups is 1. The Hall–Kier alpha value is -2.19. The molecular weight excluding hydrogens is 276 g/mol. The summed E-state index contributed by atoms with van der Waals surface area (Å²) in [5.74, 6) is 5.03. The molecule has 114 valence electrons. The van der Waals surface area contributed by atoms with E-state index < -0.39 is 4.92 Å². The molecule has 2 rings (SSSR count). The third-order valence-electron chi connectivity index (χ3n) is 3.77. The molecule has 1 saturated heterocycles. The SMILES string of the molecule is CC1OCCC1N(C)C(=O)c1cccc([N+](=O)[O-])c1NN. The van der Waals surface area contributed by atoms with Crippen molar-refractivity contribution in [2.45, 2.75) is 25.5 Å². The normalized spacial score (nSPS) is 21.1. The standard InChI is InChI=1S/C13H18N4O4/c1-8-10(6-7-21-8)16(2)13(18)9-4-3-5-11(17(19)20)12(9)15-14/h3-5,8,10,15H,6-7,14H2,1-2H3. The molecule has 3 N–H and O–H groups in total. The van der Waals surface area contributed by atoms with Gasteiger partial charge in [0.15, 0.2) is 0 Å². The fourth-order valence-corrected chi connectivity index (χ4v) is 2.59. The number of hydrazine groups is 1. The number of nitrogens with one attached hydrogen (secondary N) is 1. The van der Waals surface area contributed by atoms with E-state index in [9.17, 15) is 14.9 Å². The second-order valence-electron chi connectivity index (χ2n) is 4.95. The Morgan fingerprint density at radius 2 is 2.29 bits per heavy atom. The summed E-state index contributed by atoms with van der Waals surface area (Å²) in [6.45, 7) is 2.50. The van der Waals surface area contributed by atoms with Crippen LogP contribution in [-0.4, -0.2) is 41.5 Å². The molecule has 1 heterocycles. The number of anilines is 1. The minimum atomic E-state index is -0.576. The Morgan fingerprint density at radius 1 is 1.57 bits per heavy atom. The molecule has 8 heteroatoms. The molecule has 0 aliphatic carbocycles. The van der Waals surface area contributed by atoms with Gasteiger partial charge < -0.3 is 15.1 Å². The lowest BCUT2D eigenvalue weighted by molar-refractivity contribution is -0.384. The number of likely N-dealkylation sites (N-methyl/N-ethyl adjacent to an activating group) is 1. The van der Waals surface area contributed by atoms with Gasteiger partial charge in [-0.3, -0.25) is 20.8 Å². The molecule has 1 aliphatic heterocycles. The maximum atomic E-state index is 12.6. The highest BCUT2D eigenvalue weighted by atomic mass is 16.6. The van der Waals surface area contributed by atoms with Crippen LogP contribution < -0.4 is 11.3 Å². The lowest BCUT2D eigenvalue weighted by Crippen LogP contribution is -2.41. The van der Waals surface area contributed by atoms with Crippen molar-refractivity contribution in [1.82, 2.24) is 4.90 Å². The Morgan fingerprint density at radius 3 is 2.81 bits per heavy atom. The summed E-state index contributed by atoms with van der Waals surface area (Å²) in [4.78, 5) is 24.6. The van der Waals surface area contributed by atoms with Gasteiger partial charge in [0.25, 0.3) is 11.6 Å². The zero-order chi connectivity index (χ0) is 15.6. The van der Waals surface area contributed by atoms with E-state index in [0.29, 0.717) is 6.61 Å². The van der Waals surface area contributed by atoms with Gasteiger partial charge in [0.05, 0.1) is 22.6 Å². The first kappa shape index (κ1) is 15.2. The molecule has 1 fully saturated rings. The molecule has 1 aromatic carbocycles. The van der Waals surface area contributed by atoms with Crippen molar-refractivity contribution in [2.75, 3.05) is 19.1 Å². The molecule has 21 heavy (non-hydrogen) atoms. The molecule has 8 nitrogen and oxygen atoms in total. The van der Waals surface area contributed by atoms with Crippen LogP contribution in [0.15, 0.2) is 18.2 Å². The number of nitro benzene ring substituents is 1. The highest BCUT2D eigenvalue weighted by Gasteiger charge is 2.32. The third-order valence-corrected chi connectivity index (χ3v) is 3.77. The zero-order valence-electron chi connectivity index (χ0n) is 11.9. The fraction of sp³-hybridized carbons (Fsp3) is 0.462. The van der Waals surface area contributed by atoms with Crippen LogP contribution in [0, 0.1) is 10.1 Å². The largest absolute Gasteiger partial charge is 0.376 e. The predicted octanol–water partition coefficient (Wildman–Crippen LogP) is 1.13. The number of nitrogens with zero attached hydrogens (tertiary/aromatic N) is 2. The molecule has 1 aliphatic rings. The summed E-state index contributed by atoms with van der Waals surface area (Å²) in [5, 5.41) is 11.0. The smallest absolute Gasteiger partial charge is 0.294 e. The molecule has 0 saturated carbocycles. The van der Waals surface area contributed by atoms with Crippen molar-refractivity contribution < 1.29 is 14.5 Å². The average molecular weight is 294 g/mol. The Bertz CT molecular complexity index is 563. The van der Waals surface area contributed by atoms with Crippen LogP contribution in [-0.2, 0) is 4.74 Å². The van der Waals surface area contributed by atoms with Gasteiger partial charge in [-0.05, 0) is 19.4 Å². The van der Waals surface area contributed by atoms with Gasteiger partial charge in [0.1, 0.15) is 5.69 Å². The lowest BCUT2D eigenvalue weighted by Gasteiger charge is -2.27. The number of para-hydroxylation sites is 1. The Labute approximate surface area is 122 Å². The molecule has 0 spiro atoms. The van der Waals surface area contributed by atoms with Gasteiger partial charge in [-0.15, -0.1) is 0 Å². The summed E-state index contributed by atoms with van der Waals surface area (Å²) in [5.41, 5.74) is 2.23. The minimum absolute atomic E-state index is 0.0194. The zero-order valence-corrected chi connectivity index (χ0v) is 11.9. The van der Waals surface area contributed by atoms with E-state index in [2.05, 4.69) is 5.43 Å². The number of carbonyl (C=O) groups excluding carboxylic acids is 1. The van der Waals surface area contributed by atoms with E-state index in [4.69, 9.17) is 10.6 Å². The van der Waals surface area contributed by atoms with Gasteiger partial charge in [0.2, 0.25) is 0 Å². The van der Waals surface area contributed by atoms with Crippen LogP contribution in [0.4, 0.5) is 11.4 Å². The number of hydrogen-bond acceptors (Lipinski definition) is 6. The van der Waals surface area contributed by atoms with Gasteiger partial charge in [-0.1, -0.05) is 6.07 Å². The van der Waals surface area contributed by atoms with Crippen molar-refractivity contribution in [1.29, 1.82) is 0 Å². The van der Waals surface area contributed by atoms with Crippen LogP contribution in [0.3, 0.4) is 0 Å². The van der Waals surface area contributed by atoms with Crippen molar-refractivity contribution >= 4 is 17.3 Å². The molecular formula is C13H18N4O4. The maximum Gasteiger partial charge on any atom is 0.294 e. The topological polar surface area (TPSA) is 111 Å². The molecule has 1 amide bonds. The van der Waals surface area contributed by atoms with Gasteiger partial charge >= 0.3 is 0 Å². The van der Waals surface area contributed by atoms with E-state index in [1.54, 1.807) is 11.9 Å². The number of benzene rings is 1. The number of ether oxygens (including phenoxy) is 1. The Balaban J connectivity index is 2.34. The molecule has 0 aromatic heterocycles. The number of nitrogen functional groups attached to an aromatic ring is 1. The average Bonchev–Trinajstić information content (AvgIpc) is 2.90. The second kappa shape index (κ2) is 6.06. The quantitative estimate of drug-likeness (QED) is 0.489. The Kier molecular flexibility index (Phi) is 4.39. The van der Waals surface area contributed by atoms with E-state index in [1.807, 2.05) is 6.92 Å².